The Morgan fingerprint density at radius 1 is 0.800 bits per heavy atom. The number of carbonyl (C=O) groups excluding carboxylic acids is 2. The molecule has 0 bridgehead atoms. The van der Waals surface area contributed by atoms with Crippen molar-refractivity contribution in [3.05, 3.63) is 24.3 Å². The summed E-state index contributed by atoms with van der Waals surface area (Å²) in [4.78, 5) is 23.7. The second kappa shape index (κ2) is 17.2. The van der Waals surface area contributed by atoms with E-state index in [2.05, 4.69) is 20.1 Å². The fourth-order valence-corrected chi connectivity index (χ4v) is 1.61. The van der Waals surface area contributed by atoms with E-state index in [1.165, 1.54) is 25.7 Å². The van der Waals surface area contributed by atoms with Crippen LogP contribution in [0.15, 0.2) is 24.3 Å². The Labute approximate surface area is 154 Å². The normalized spacial score (nSPS) is 9.84. The van der Waals surface area contributed by atoms with Crippen molar-refractivity contribution in [3.63, 3.8) is 0 Å². The van der Waals surface area contributed by atoms with Crippen LogP contribution in [0.4, 0.5) is 0 Å². The molecule has 0 atom stereocenters. The summed E-state index contributed by atoms with van der Waals surface area (Å²) >= 11 is 0. The highest BCUT2D eigenvalue weighted by Gasteiger charge is 2.02. The first-order chi connectivity index (χ1) is 11.7. The molecule has 0 rings (SSSR count). The summed E-state index contributed by atoms with van der Waals surface area (Å²) in [6.07, 6.45) is 7.26. The molecule has 0 spiro atoms. The topological polar surface area (TPSA) is 55.8 Å². The summed E-state index contributed by atoms with van der Waals surface area (Å²) in [5.41, 5.74) is 0.930. The molecule has 146 valence electrons. The van der Waals surface area contributed by atoms with Crippen LogP contribution in [-0.4, -0.2) is 50.7 Å². The number of esters is 2. The largest absolute Gasteiger partial charge is 0.462 e. The van der Waals surface area contributed by atoms with Gasteiger partial charge in [0.1, 0.15) is 6.61 Å². The molecule has 5 heteroatoms. The molecule has 0 saturated heterocycles. The number of unbranched alkanes of at least 4 members (excludes halogenated alkanes) is 5. The molecule has 0 aromatic carbocycles. The summed E-state index contributed by atoms with van der Waals surface area (Å²) < 4.78 is 9.81. The molecule has 0 fully saturated rings. The van der Waals surface area contributed by atoms with E-state index >= 15 is 0 Å². The second-order valence-electron chi connectivity index (χ2n) is 6.40. The van der Waals surface area contributed by atoms with Crippen LogP contribution in [0.3, 0.4) is 0 Å². The summed E-state index contributed by atoms with van der Waals surface area (Å²) in [6.45, 7) is 14.2. The van der Waals surface area contributed by atoms with E-state index in [-0.39, 0.29) is 11.9 Å². The maximum Gasteiger partial charge on any atom is 0.333 e. The fraction of sp³-hybridized carbons (Fsp3) is 0.700. The number of hydrogen-bond acceptors (Lipinski definition) is 5. The molecule has 0 N–H and O–H groups in total. The van der Waals surface area contributed by atoms with Crippen LogP contribution in [0.25, 0.3) is 0 Å². The smallest absolute Gasteiger partial charge is 0.333 e. The Kier molecular flexibility index (Phi) is 17.6. The Hall–Kier alpha value is -1.62. The molecule has 0 unspecified atom stereocenters. The molecule has 0 saturated carbocycles. The van der Waals surface area contributed by atoms with Crippen molar-refractivity contribution >= 4 is 11.9 Å². The maximum absolute atomic E-state index is 11.0. The summed E-state index contributed by atoms with van der Waals surface area (Å²) in [5, 5.41) is 0. The van der Waals surface area contributed by atoms with Gasteiger partial charge in [-0.3, -0.25) is 0 Å². The van der Waals surface area contributed by atoms with Crippen molar-refractivity contribution in [2.45, 2.75) is 59.3 Å². The first kappa shape index (κ1) is 25.6. The number of likely N-dealkylation sites (N-methyl/N-ethyl adjacent to an activating group) is 1. The molecule has 0 aliphatic heterocycles. The minimum Gasteiger partial charge on any atom is -0.462 e. The van der Waals surface area contributed by atoms with Gasteiger partial charge in [0, 0.05) is 17.7 Å². The van der Waals surface area contributed by atoms with Crippen molar-refractivity contribution in [1.82, 2.24) is 4.90 Å². The monoisotopic (exact) mass is 355 g/mol. The lowest BCUT2D eigenvalue weighted by molar-refractivity contribution is -0.140. The van der Waals surface area contributed by atoms with Gasteiger partial charge in [-0.2, -0.15) is 0 Å². The first-order valence-electron chi connectivity index (χ1n) is 9.02. The van der Waals surface area contributed by atoms with Crippen LogP contribution in [0.1, 0.15) is 59.3 Å². The third-order valence-electron chi connectivity index (χ3n) is 3.20. The number of ether oxygens (including phenoxy) is 2. The maximum atomic E-state index is 11.0. The molecule has 5 nitrogen and oxygen atoms in total. The van der Waals surface area contributed by atoms with E-state index in [0.717, 1.165) is 19.4 Å². The minimum atomic E-state index is -0.313. The van der Waals surface area contributed by atoms with Crippen molar-refractivity contribution in [1.29, 1.82) is 0 Å². The van der Waals surface area contributed by atoms with E-state index in [4.69, 9.17) is 9.47 Å². The van der Waals surface area contributed by atoms with E-state index < -0.39 is 0 Å². The van der Waals surface area contributed by atoms with Gasteiger partial charge < -0.3 is 14.4 Å². The van der Waals surface area contributed by atoms with Gasteiger partial charge in [-0.05, 0) is 34.4 Å². The van der Waals surface area contributed by atoms with Gasteiger partial charge in [0.05, 0.1) is 6.61 Å². The van der Waals surface area contributed by atoms with Crippen molar-refractivity contribution < 1.29 is 19.1 Å². The third-order valence-corrected chi connectivity index (χ3v) is 3.20. The minimum absolute atomic E-state index is 0.265. The zero-order chi connectivity index (χ0) is 19.7. The average molecular weight is 356 g/mol. The number of carbonyl (C=O) groups is 2. The fourth-order valence-electron chi connectivity index (χ4n) is 1.61. The van der Waals surface area contributed by atoms with Crippen LogP contribution in [0.2, 0.25) is 0 Å². The molecule has 0 aliphatic rings. The summed E-state index contributed by atoms with van der Waals surface area (Å²) in [6, 6.07) is 0. The Balaban J connectivity index is 0. The van der Waals surface area contributed by atoms with Gasteiger partial charge in [0.25, 0.3) is 0 Å². The zero-order valence-electron chi connectivity index (χ0n) is 16.9. The molecule has 0 heterocycles. The van der Waals surface area contributed by atoms with E-state index in [0.29, 0.717) is 24.4 Å². The highest BCUT2D eigenvalue weighted by molar-refractivity contribution is 5.87. The van der Waals surface area contributed by atoms with Gasteiger partial charge in [-0.15, -0.1) is 0 Å². The van der Waals surface area contributed by atoms with Crippen LogP contribution >= 0.6 is 0 Å². The first-order valence-corrected chi connectivity index (χ1v) is 9.02. The van der Waals surface area contributed by atoms with Crippen molar-refractivity contribution in [2.75, 3.05) is 33.9 Å². The number of nitrogens with zero attached hydrogens (tertiary/aromatic N) is 1. The van der Waals surface area contributed by atoms with Crippen molar-refractivity contribution in [2.24, 2.45) is 0 Å². The molecule has 0 radical (unpaired) electrons. The quantitative estimate of drug-likeness (QED) is 0.299. The summed E-state index contributed by atoms with van der Waals surface area (Å²) in [7, 11) is 3.85. The Morgan fingerprint density at radius 2 is 1.24 bits per heavy atom. The predicted molar refractivity (Wildman–Crippen MR) is 103 cm³/mol. The lowest BCUT2D eigenvalue weighted by atomic mass is 10.1. The Morgan fingerprint density at radius 3 is 1.68 bits per heavy atom. The van der Waals surface area contributed by atoms with Gasteiger partial charge >= 0.3 is 11.9 Å². The van der Waals surface area contributed by atoms with E-state index in [9.17, 15) is 9.59 Å². The predicted octanol–water partition coefficient (Wildman–Crippen LogP) is 4.13. The van der Waals surface area contributed by atoms with Crippen LogP contribution in [0, 0.1) is 0 Å². The number of hydrogen-bond donors (Lipinski definition) is 0. The molecular weight excluding hydrogens is 318 g/mol. The van der Waals surface area contributed by atoms with Crippen LogP contribution in [0.5, 0.6) is 0 Å². The molecule has 0 aromatic heterocycles. The SMILES string of the molecule is C=C(C)C(=O)OCCCCCCCC.C=C(C)C(=O)OCCN(C)C. The van der Waals surface area contributed by atoms with Gasteiger partial charge in [0.2, 0.25) is 0 Å². The number of rotatable bonds is 12. The second-order valence-corrected chi connectivity index (χ2v) is 6.40. The average Bonchev–Trinajstić information content (AvgIpc) is 2.53. The zero-order valence-corrected chi connectivity index (χ0v) is 16.9. The van der Waals surface area contributed by atoms with Gasteiger partial charge in [0.15, 0.2) is 0 Å². The lowest BCUT2D eigenvalue weighted by Gasteiger charge is -2.09. The Bertz CT molecular complexity index is 403. The molecule has 0 aromatic rings. The standard InChI is InChI=1S/C12H22O2.C8H15NO2/c1-4-5-6-7-8-9-10-14-12(13)11(2)3;1-7(2)8(10)11-6-5-9(3)4/h2,4-10H2,1,3H3;1,5-6H2,2-4H3. The molecular formula is C20H37NO4. The highest BCUT2D eigenvalue weighted by Crippen LogP contribution is 2.05. The van der Waals surface area contributed by atoms with Gasteiger partial charge in [-0.25, -0.2) is 9.59 Å². The third kappa shape index (κ3) is 20.3. The van der Waals surface area contributed by atoms with Crippen LogP contribution in [-0.2, 0) is 19.1 Å². The lowest BCUT2D eigenvalue weighted by Crippen LogP contribution is -2.20. The van der Waals surface area contributed by atoms with E-state index in [1.807, 2.05) is 19.0 Å². The van der Waals surface area contributed by atoms with Crippen LogP contribution < -0.4 is 0 Å². The molecule has 0 aliphatic carbocycles. The van der Waals surface area contributed by atoms with Gasteiger partial charge in [-0.1, -0.05) is 52.2 Å². The summed E-state index contributed by atoms with van der Waals surface area (Å²) in [5.74, 6) is -0.578. The van der Waals surface area contributed by atoms with Crippen molar-refractivity contribution in [3.8, 4) is 0 Å². The molecule has 25 heavy (non-hydrogen) atoms. The highest BCUT2D eigenvalue weighted by atomic mass is 16.5. The van der Waals surface area contributed by atoms with E-state index in [1.54, 1.807) is 13.8 Å². The molecule has 0 amide bonds.